The van der Waals surface area contributed by atoms with E-state index in [4.69, 9.17) is 9.84 Å². The van der Waals surface area contributed by atoms with Gasteiger partial charge in [-0.25, -0.2) is 0 Å². The summed E-state index contributed by atoms with van der Waals surface area (Å²) in [6.07, 6.45) is 1.41. The number of carboxylic acid groups (broad SMARTS) is 1. The lowest BCUT2D eigenvalue weighted by atomic mass is 10.3. The van der Waals surface area contributed by atoms with Gasteiger partial charge in [0.25, 0.3) is 0 Å². The Morgan fingerprint density at radius 1 is 1.57 bits per heavy atom. The fraction of sp³-hybridized carbons (Fsp3) is 0.889. The van der Waals surface area contributed by atoms with E-state index in [-0.39, 0.29) is 19.7 Å². The molecule has 0 amide bonds. The van der Waals surface area contributed by atoms with Crippen molar-refractivity contribution in [1.29, 1.82) is 0 Å². The second-order valence-electron chi connectivity index (χ2n) is 3.11. The minimum atomic E-state index is -0.927. The summed E-state index contributed by atoms with van der Waals surface area (Å²) < 4.78 is 5.16. The lowest BCUT2D eigenvalue weighted by Crippen LogP contribution is -2.33. The van der Waals surface area contributed by atoms with Crippen molar-refractivity contribution in [1.82, 2.24) is 5.32 Å². The number of aliphatic hydroxyl groups excluding tert-OH is 1. The molecule has 5 nitrogen and oxygen atoms in total. The van der Waals surface area contributed by atoms with Gasteiger partial charge in [0.1, 0.15) is 0 Å². The Balaban J connectivity index is 3.19. The first-order valence-corrected chi connectivity index (χ1v) is 4.85. The van der Waals surface area contributed by atoms with Crippen LogP contribution in [-0.4, -0.2) is 48.6 Å². The molecule has 5 heteroatoms. The van der Waals surface area contributed by atoms with Crippen molar-refractivity contribution in [2.75, 3.05) is 26.3 Å². The highest BCUT2D eigenvalue weighted by molar-refractivity contribution is 5.68. The molecule has 1 unspecified atom stereocenters. The SMILES string of the molecule is CCCCOCC(O)CNCC(=O)O. The maximum absolute atomic E-state index is 10.1. The molecule has 0 rings (SSSR count). The number of unbranched alkanes of at least 4 members (excludes halogenated alkanes) is 1. The maximum Gasteiger partial charge on any atom is 0.317 e. The first-order valence-electron chi connectivity index (χ1n) is 4.85. The van der Waals surface area contributed by atoms with Crippen molar-refractivity contribution in [2.45, 2.75) is 25.9 Å². The molecule has 0 saturated heterocycles. The molecule has 3 N–H and O–H groups in total. The molecule has 14 heavy (non-hydrogen) atoms. The zero-order valence-corrected chi connectivity index (χ0v) is 8.53. The van der Waals surface area contributed by atoms with E-state index in [1.165, 1.54) is 0 Å². The first kappa shape index (κ1) is 13.4. The van der Waals surface area contributed by atoms with E-state index in [1.54, 1.807) is 0 Å². The van der Waals surface area contributed by atoms with Crippen molar-refractivity contribution in [3.05, 3.63) is 0 Å². The van der Waals surface area contributed by atoms with Crippen LogP contribution in [0, 0.1) is 0 Å². The molecule has 1 atom stereocenters. The van der Waals surface area contributed by atoms with Gasteiger partial charge in [0.2, 0.25) is 0 Å². The molecule has 0 aliphatic rings. The molecule has 0 heterocycles. The molecule has 0 aromatic carbocycles. The van der Waals surface area contributed by atoms with Crippen LogP contribution >= 0.6 is 0 Å². The molecule has 0 radical (unpaired) electrons. The summed E-state index contributed by atoms with van der Waals surface area (Å²) >= 11 is 0. The summed E-state index contributed by atoms with van der Waals surface area (Å²) in [7, 11) is 0. The van der Waals surface area contributed by atoms with E-state index in [0.29, 0.717) is 6.61 Å². The summed E-state index contributed by atoms with van der Waals surface area (Å²) in [6.45, 7) is 3.08. The first-order chi connectivity index (χ1) is 6.66. The molecule has 0 fully saturated rings. The van der Waals surface area contributed by atoms with Gasteiger partial charge in [0, 0.05) is 13.2 Å². The van der Waals surface area contributed by atoms with Crippen molar-refractivity contribution in [3.8, 4) is 0 Å². The van der Waals surface area contributed by atoms with E-state index >= 15 is 0 Å². The number of rotatable bonds is 9. The number of aliphatic carboxylic acids is 1. The number of carboxylic acids is 1. The third-order valence-corrected chi connectivity index (χ3v) is 1.61. The molecule has 0 spiro atoms. The molecule has 0 aliphatic carbocycles. The van der Waals surface area contributed by atoms with Crippen LogP contribution in [0.1, 0.15) is 19.8 Å². The third kappa shape index (κ3) is 9.44. The van der Waals surface area contributed by atoms with Crippen LogP contribution in [0.2, 0.25) is 0 Å². The summed E-state index contributed by atoms with van der Waals surface area (Å²) in [5.74, 6) is -0.927. The molecular weight excluding hydrogens is 186 g/mol. The number of hydrogen-bond acceptors (Lipinski definition) is 4. The summed E-state index contributed by atoms with van der Waals surface area (Å²) in [4.78, 5) is 10.1. The average Bonchev–Trinajstić information content (AvgIpc) is 2.12. The van der Waals surface area contributed by atoms with Gasteiger partial charge in [0.05, 0.1) is 19.3 Å². The second kappa shape index (κ2) is 8.93. The molecular formula is C9H19NO4. The lowest BCUT2D eigenvalue weighted by Gasteiger charge is -2.10. The lowest BCUT2D eigenvalue weighted by molar-refractivity contribution is -0.136. The highest BCUT2D eigenvalue weighted by atomic mass is 16.5. The van der Waals surface area contributed by atoms with Gasteiger partial charge in [-0.3, -0.25) is 4.79 Å². The van der Waals surface area contributed by atoms with Crippen LogP contribution in [0.15, 0.2) is 0 Å². The van der Waals surface area contributed by atoms with E-state index < -0.39 is 12.1 Å². The molecule has 0 aliphatic heterocycles. The number of ether oxygens (including phenoxy) is 1. The summed E-state index contributed by atoms with van der Waals surface area (Å²) in [5, 5.41) is 20.2. The Labute approximate surface area is 84.1 Å². The van der Waals surface area contributed by atoms with Crippen LogP contribution in [0.25, 0.3) is 0 Å². The van der Waals surface area contributed by atoms with Crippen LogP contribution in [0.4, 0.5) is 0 Å². The van der Waals surface area contributed by atoms with E-state index in [1.807, 2.05) is 0 Å². The number of hydrogen-bond donors (Lipinski definition) is 3. The third-order valence-electron chi connectivity index (χ3n) is 1.61. The Kier molecular flexibility index (Phi) is 8.51. The molecule has 0 aromatic heterocycles. The highest BCUT2D eigenvalue weighted by Gasteiger charge is 2.04. The zero-order chi connectivity index (χ0) is 10.8. The number of carbonyl (C=O) groups is 1. The van der Waals surface area contributed by atoms with Crippen molar-refractivity contribution >= 4 is 5.97 Å². The largest absolute Gasteiger partial charge is 0.480 e. The molecule has 0 bridgehead atoms. The standard InChI is InChI=1S/C9H19NO4/c1-2-3-4-14-7-8(11)5-10-6-9(12)13/h8,10-11H,2-7H2,1H3,(H,12,13). The molecule has 84 valence electrons. The number of aliphatic hydroxyl groups is 1. The summed E-state index contributed by atoms with van der Waals surface area (Å²) in [6, 6.07) is 0. The van der Waals surface area contributed by atoms with Gasteiger partial charge in [-0.1, -0.05) is 13.3 Å². The second-order valence-corrected chi connectivity index (χ2v) is 3.11. The van der Waals surface area contributed by atoms with Gasteiger partial charge < -0.3 is 20.3 Å². The Morgan fingerprint density at radius 3 is 2.86 bits per heavy atom. The van der Waals surface area contributed by atoms with Crippen molar-refractivity contribution in [3.63, 3.8) is 0 Å². The van der Waals surface area contributed by atoms with E-state index in [9.17, 15) is 9.90 Å². The van der Waals surface area contributed by atoms with Gasteiger partial charge in [-0.05, 0) is 6.42 Å². The molecule has 0 saturated carbocycles. The fourth-order valence-electron chi connectivity index (χ4n) is 0.870. The topological polar surface area (TPSA) is 78.8 Å². The van der Waals surface area contributed by atoms with Crippen LogP contribution in [0.3, 0.4) is 0 Å². The van der Waals surface area contributed by atoms with Gasteiger partial charge in [-0.2, -0.15) is 0 Å². The normalized spacial score (nSPS) is 12.7. The van der Waals surface area contributed by atoms with Crippen LogP contribution in [0.5, 0.6) is 0 Å². The smallest absolute Gasteiger partial charge is 0.317 e. The van der Waals surface area contributed by atoms with E-state index in [2.05, 4.69) is 12.2 Å². The maximum atomic E-state index is 10.1. The van der Waals surface area contributed by atoms with Gasteiger partial charge >= 0.3 is 5.97 Å². The minimum absolute atomic E-state index is 0.133. The van der Waals surface area contributed by atoms with Gasteiger partial charge in [0.15, 0.2) is 0 Å². The van der Waals surface area contributed by atoms with Gasteiger partial charge in [-0.15, -0.1) is 0 Å². The monoisotopic (exact) mass is 205 g/mol. The molecule has 0 aromatic rings. The Bertz CT molecular complexity index is 152. The minimum Gasteiger partial charge on any atom is -0.480 e. The van der Waals surface area contributed by atoms with E-state index in [0.717, 1.165) is 12.8 Å². The fourth-order valence-corrected chi connectivity index (χ4v) is 0.870. The quantitative estimate of drug-likeness (QED) is 0.456. The van der Waals surface area contributed by atoms with Crippen molar-refractivity contribution < 1.29 is 19.7 Å². The number of nitrogens with one attached hydrogen (secondary N) is 1. The summed E-state index contributed by atoms with van der Waals surface area (Å²) in [5.41, 5.74) is 0. The van der Waals surface area contributed by atoms with Crippen LogP contribution < -0.4 is 5.32 Å². The Hall–Kier alpha value is -0.650. The highest BCUT2D eigenvalue weighted by Crippen LogP contribution is 1.89. The zero-order valence-electron chi connectivity index (χ0n) is 8.53. The Morgan fingerprint density at radius 2 is 2.29 bits per heavy atom. The average molecular weight is 205 g/mol. The predicted molar refractivity (Wildman–Crippen MR) is 52.2 cm³/mol. The van der Waals surface area contributed by atoms with Crippen LogP contribution in [-0.2, 0) is 9.53 Å². The van der Waals surface area contributed by atoms with Crippen molar-refractivity contribution in [2.24, 2.45) is 0 Å². The predicted octanol–water partition coefficient (Wildman–Crippen LogP) is -0.162.